The van der Waals surface area contributed by atoms with E-state index < -0.39 is 3.92 Å². The molecule has 0 saturated carbocycles. The summed E-state index contributed by atoms with van der Waals surface area (Å²) in [6, 6.07) is 0. The highest BCUT2D eigenvalue weighted by Crippen LogP contribution is 2.41. The molecule has 0 saturated heterocycles. The van der Waals surface area contributed by atoms with Crippen molar-refractivity contribution in [1.82, 2.24) is 10.2 Å². The van der Waals surface area contributed by atoms with E-state index in [4.69, 9.17) is 23.2 Å². The third-order valence-electron chi connectivity index (χ3n) is 1.01. The number of aryl methyl sites for hydroxylation is 1. The van der Waals surface area contributed by atoms with Crippen molar-refractivity contribution in [1.29, 1.82) is 0 Å². The van der Waals surface area contributed by atoms with Gasteiger partial charge in [-0.05, 0) is 18.7 Å². The molecule has 1 aromatic rings. The first kappa shape index (κ1) is 9.16. The average Bonchev–Trinajstić information content (AvgIpc) is 2.12. The fourth-order valence-corrected chi connectivity index (χ4v) is 1.62. The van der Waals surface area contributed by atoms with Crippen LogP contribution in [0.4, 0.5) is 4.39 Å². The molecule has 0 bridgehead atoms. The minimum Gasteiger partial charge on any atom is -0.282 e. The van der Waals surface area contributed by atoms with Crippen LogP contribution < -0.4 is 0 Å². The summed E-state index contributed by atoms with van der Waals surface area (Å²) in [7, 11) is 0. The van der Waals surface area contributed by atoms with Crippen molar-refractivity contribution in [3.63, 3.8) is 0 Å². The number of nitrogens with zero attached hydrogens (tertiary/aromatic N) is 1. The van der Waals surface area contributed by atoms with Crippen LogP contribution in [0.1, 0.15) is 5.69 Å². The van der Waals surface area contributed by atoms with E-state index in [9.17, 15) is 4.39 Å². The standard InChI is InChI=1S/C5H5Cl2FN2S/c1-3-4(2-9-10-3)11-5(6,7)8/h2H,1H3,(H,9,10). The molecule has 1 heterocycles. The molecule has 2 nitrogen and oxygen atoms in total. The maximum atomic E-state index is 12.6. The maximum Gasteiger partial charge on any atom is 0.309 e. The molecule has 1 aromatic heterocycles. The molecule has 0 aliphatic heterocycles. The first-order chi connectivity index (χ1) is 4.99. The normalized spacial score (nSPS) is 12.0. The zero-order valence-corrected chi connectivity index (χ0v) is 7.90. The van der Waals surface area contributed by atoms with Gasteiger partial charge >= 0.3 is 3.92 Å². The van der Waals surface area contributed by atoms with Gasteiger partial charge in [-0.1, -0.05) is 23.2 Å². The minimum absolute atomic E-state index is 0.609. The largest absolute Gasteiger partial charge is 0.309 e. The number of aromatic nitrogens is 2. The minimum atomic E-state index is -2.28. The Bertz CT molecular complexity index is 245. The third-order valence-corrected chi connectivity index (χ3v) is 2.34. The number of halogens is 3. The number of thioether (sulfide) groups is 1. The first-order valence-corrected chi connectivity index (χ1v) is 4.32. The lowest BCUT2D eigenvalue weighted by Gasteiger charge is -2.05. The lowest BCUT2D eigenvalue weighted by Crippen LogP contribution is -1.94. The Hall–Kier alpha value is 0.0700. The molecular formula is C5H5Cl2FN2S. The number of rotatable bonds is 2. The number of hydrogen-bond acceptors (Lipinski definition) is 2. The van der Waals surface area contributed by atoms with E-state index in [1.165, 1.54) is 6.20 Å². The van der Waals surface area contributed by atoms with E-state index in [-0.39, 0.29) is 0 Å². The van der Waals surface area contributed by atoms with Gasteiger partial charge < -0.3 is 0 Å². The van der Waals surface area contributed by atoms with Crippen molar-refractivity contribution in [3.05, 3.63) is 11.9 Å². The molecule has 1 N–H and O–H groups in total. The molecule has 0 fully saturated rings. The SMILES string of the molecule is Cc1[nH]ncc1SC(F)(Cl)Cl. The predicted molar refractivity (Wildman–Crippen MR) is 44.7 cm³/mol. The highest BCUT2D eigenvalue weighted by atomic mass is 35.5. The number of hydrogen-bond donors (Lipinski definition) is 1. The van der Waals surface area contributed by atoms with E-state index in [2.05, 4.69) is 10.2 Å². The highest BCUT2D eigenvalue weighted by molar-refractivity contribution is 8.03. The second-order valence-corrected chi connectivity index (χ2v) is 4.80. The zero-order valence-electron chi connectivity index (χ0n) is 5.57. The molecule has 0 radical (unpaired) electrons. The molecule has 1 rings (SSSR count). The highest BCUT2D eigenvalue weighted by Gasteiger charge is 2.25. The van der Waals surface area contributed by atoms with Crippen molar-refractivity contribution >= 4 is 35.0 Å². The van der Waals surface area contributed by atoms with Crippen LogP contribution in [0.5, 0.6) is 0 Å². The van der Waals surface area contributed by atoms with Crippen LogP contribution in [-0.4, -0.2) is 14.1 Å². The smallest absolute Gasteiger partial charge is 0.282 e. The van der Waals surface area contributed by atoms with Gasteiger partial charge in [0.1, 0.15) is 0 Å². The van der Waals surface area contributed by atoms with Gasteiger partial charge in [0.15, 0.2) is 0 Å². The lowest BCUT2D eigenvalue weighted by molar-refractivity contribution is 0.515. The quantitative estimate of drug-likeness (QED) is 0.606. The van der Waals surface area contributed by atoms with Gasteiger partial charge in [-0.2, -0.15) is 9.49 Å². The molecule has 0 spiro atoms. The van der Waals surface area contributed by atoms with Crippen molar-refractivity contribution in [3.8, 4) is 0 Å². The van der Waals surface area contributed by atoms with Gasteiger partial charge in [0, 0.05) is 5.69 Å². The van der Waals surface area contributed by atoms with Gasteiger partial charge in [0.2, 0.25) is 0 Å². The van der Waals surface area contributed by atoms with Crippen LogP contribution in [0, 0.1) is 6.92 Å². The van der Waals surface area contributed by atoms with Crippen LogP contribution in [0.15, 0.2) is 11.1 Å². The zero-order chi connectivity index (χ0) is 8.48. The van der Waals surface area contributed by atoms with E-state index in [0.29, 0.717) is 16.7 Å². The monoisotopic (exact) mass is 214 g/mol. The Morgan fingerprint density at radius 1 is 1.73 bits per heavy atom. The molecule has 0 aliphatic rings. The summed E-state index contributed by atoms with van der Waals surface area (Å²) in [4.78, 5) is 0.609. The summed E-state index contributed by atoms with van der Waals surface area (Å²) in [5.74, 6) is 0. The fraction of sp³-hybridized carbons (Fsp3) is 0.400. The van der Waals surface area contributed by atoms with E-state index in [1.54, 1.807) is 6.92 Å². The first-order valence-electron chi connectivity index (χ1n) is 2.75. The Labute approximate surface area is 77.5 Å². The van der Waals surface area contributed by atoms with Crippen LogP contribution >= 0.6 is 35.0 Å². The molecule has 0 aromatic carbocycles. The van der Waals surface area contributed by atoms with Gasteiger partial charge in [-0.15, -0.1) is 0 Å². The van der Waals surface area contributed by atoms with Crippen molar-refractivity contribution in [2.75, 3.05) is 0 Å². The fourth-order valence-electron chi connectivity index (χ4n) is 0.567. The van der Waals surface area contributed by atoms with Crippen LogP contribution in [0.2, 0.25) is 0 Å². The van der Waals surface area contributed by atoms with E-state index in [0.717, 1.165) is 5.69 Å². The molecule has 0 amide bonds. The lowest BCUT2D eigenvalue weighted by atomic mass is 10.5. The van der Waals surface area contributed by atoms with Crippen LogP contribution in [0.3, 0.4) is 0 Å². The maximum absolute atomic E-state index is 12.6. The Balaban J connectivity index is 2.72. The Morgan fingerprint density at radius 2 is 2.36 bits per heavy atom. The van der Waals surface area contributed by atoms with Crippen molar-refractivity contribution in [2.24, 2.45) is 0 Å². The second-order valence-electron chi connectivity index (χ2n) is 1.91. The molecule has 6 heteroatoms. The third kappa shape index (κ3) is 2.89. The molecule has 0 unspecified atom stereocenters. The molecule has 0 aliphatic carbocycles. The average molecular weight is 215 g/mol. The second kappa shape index (κ2) is 3.21. The van der Waals surface area contributed by atoms with Gasteiger partial charge in [0.05, 0.1) is 11.1 Å². The summed E-state index contributed by atoms with van der Waals surface area (Å²) in [6.45, 7) is 1.76. The topological polar surface area (TPSA) is 28.7 Å². The molecular weight excluding hydrogens is 210 g/mol. The summed E-state index contributed by atoms with van der Waals surface area (Å²) in [6.07, 6.45) is 1.47. The predicted octanol–water partition coefficient (Wildman–Crippen LogP) is 2.87. The number of alkyl halides is 3. The number of nitrogens with one attached hydrogen (secondary N) is 1. The van der Waals surface area contributed by atoms with Gasteiger partial charge in [-0.25, -0.2) is 0 Å². The molecule has 62 valence electrons. The van der Waals surface area contributed by atoms with Crippen molar-refractivity contribution in [2.45, 2.75) is 15.7 Å². The van der Waals surface area contributed by atoms with Gasteiger partial charge in [0.25, 0.3) is 0 Å². The summed E-state index contributed by atoms with van der Waals surface area (Å²) in [5, 5.41) is 6.31. The van der Waals surface area contributed by atoms with Gasteiger partial charge in [-0.3, -0.25) is 5.10 Å². The summed E-state index contributed by atoms with van der Waals surface area (Å²) in [5.41, 5.74) is 0.748. The van der Waals surface area contributed by atoms with Crippen molar-refractivity contribution < 1.29 is 4.39 Å². The summed E-state index contributed by atoms with van der Waals surface area (Å²) >= 11 is 10.9. The number of H-pyrrole nitrogens is 1. The molecule has 0 atom stereocenters. The van der Waals surface area contributed by atoms with Crippen LogP contribution in [0.25, 0.3) is 0 Å². The Kier molecular flexibility index (Phi) is 2.67. The van der Waals surface area contributed by atoms with Crippen LogP contribution in [-0.2, 0) is 0 Å². The number of aromatic amines is 1. The van der Waals surface area contributed by atoms with E-state index >= 15 is 0 Å². The summed E-state index contributed by atoms with van der Waals surface area (Å²) < 4.78 is 10.3. The Morgan fingerprint density at radius 3 is 2.73 bits per heavy atom. The van der Waals surface area contributed by atoms with E-state index in [1.807, 2.05) is 0 Å². The molecule has 11 heavy (non-hydrogen) atoms.